The van der Waals surface area contributed by atoms with Crippen LogP contribution in [-0.4, -0.2) is 21.0 Å². The van der Waals surface area contributed by atoms with E-state index in [0.29, 0.717) is 26.6 Å². The maximum Gasteiger partial charge on any atom is 0.416 e. The molecule has 3 aromatic rings. The molecule has 0 spiro atoms. The molecule has 37 heavy (non-hydrogen) atoms. The maximum absolute atomic E-state index is 13.0. The Hall–Kier alpha value is -3.16. The van der Waals surface area contributed by atoms with Gasteiger partial charge in [0.1, 0.15) is 0 Å². The highest BCUT2D eigenvalue weighted by molar-refractivity contribution is 9.11. The maximum atomic E-state index is 13.0. The number of carbonyl (C=O) groups excluding carboxylic acids is 2. The average molecular weight is 658 g/mol. The molecule has 1 aliphatic heterocycles. The molecule has 1 fully saturated rings. The Labute approximate surface area is 228 Å². The molecule has 1 heterocycles. The van der Waals surface area contributed by atoms with Gasteiger partial charge in [-0.3, -0.25) is 24.6 Å². The monoisotopic (exact) mass is 656 g/mol. The fourth-order valence-corrected chi connectivity index (χ4v) is 5.57. The Balaban J connectivity index is 1.59. The summed E-state index contributed by atoms with van der Waals surface area (Å²) < 4.78 is 45.1. The summed E-state index contributed by atoms with van der Waals surface area (Å²) in [7, 11) is 0. The number of imide groups is 1. The second-order valence-corrected chi connectivity index (χ2v) is 10.3. The smallest absolute Gasteiger partial charge is 0.416 e. The first kappa shape index (κ1) is 26.9. The van der Waals surface area contributed by atoms with E-state index in [1.54, 1.807) is 24.3 Å². The molecule has 0 saturated carbocycles. The Bertz CT molecular complexity index is 1430. The second-order valence-electron chi connectivity index (χ2n) is 7.61. The van der Waals surface area contributed by atoms with Crippen LogP contribution < -0.4 is 4.74 Å². The number of rotatable bonds is 6. The van der Waals surface area contributed by atoms with Crippen LogP contribution in [-0.2, 0) is 17.5 Å². The molecule has 0 atom stereocenters. The van der Waals surface area contributed by atoms with Crippen LogP contribution in [0.15, 0.2) is 74.5 Å². The molecule has 4 rings (SSSR count). The number of thioether (sulfide) groups is 1. The number of halogens is 5. The van der Waals surface area contributed by atoms with Gasteiger partial charge in [-0.15, -0.1) is 0 Å². The van der Waals surface area contributed by atoms with Crippen molar-refractivity contribution in [3.8, 4) is 11.5 Å². The Morgan fingerprint density at radius 1 is 1.03 bits per heavy atom. The van der Waals surface area contributed by atoms with E-state index in [0.717, 1.165) is 28.3 Å². The van der Waals surface area contributed by atoms with Crippen LogP contribution in [0.3, 0.4) is 0 Å². The van der Waals surface area contributed by atoms with Crippen molar-refractivity contribution in [1.82, 2.24) is 4.90 Å². The SMILES string of the molecule is O=C1S/C(=C\c2cc(Br)c(Oc3ccc(C(F)(F)F)cc3[N+](=O)[O-])c(Br)c2)C(=O)N1Cc1ccccc1. The van der Waals surface area contributed by atoms with Crippen molar-refractivity contribution in [2.24, 2.45) is 0 Å². The normalized spacial score (nSPS) is 14.9. The van der Waals surface area contributed by atoms with Crippen molar-refractivity contribution in [2.45, 2.75) is 12.7 Å². The molecule has 0 unspecified atom stereocenters. The molecule has 0 N–H and O–H groups in total. The molecule has 13 heteroatoms. The number of amides is 2. The lowest BCUT2D eigenvalue weighted by atomic mass is 10.1. The molecule has 0 aromatic heterocycles. The van der Waals surface area contributed by atoms with Crippen LogP contribution in [0.5, 0.6) is 11.5 Å². The molecule has 1 aliphatic rings. The van der Waals surface area contributed by atoms with E-state index < -0.39 is 39.2 Å². The number of ether oxygens (including phenoxy) is 1. The standard InChI is InChI=1S/C24H13Br2F3N2O5S/c25-16-8-14(10-20-22(32)30(23(33)37-20)12-13-4-2-1-3-5-13)9-17(26)21(16)36-19-7-6-15(24(27,28)29)11-18(19)31(34)35/h1-11H,12H2/b20-10-. The van der Waals surface area contributed by atoms with Crippen LogP contribution in [0.25, 0.3) is 6.08 Å². The van der Waals surface area contributed by atoms with E-state index in [1.807, 2.05) is 18.2 Å². The van der Waals surface area contributed by atoms with Crippen LogP contribution in [0, 0.1) is 10.1 Å². The molecule has 1 saturated heterocycles. The highest BCUT2D eigenvalue weighted by Crippen LogP contribution is 2.43. The van der Waals surface area contributed by atoms with Gasteiger partial charge in [-0.2, -0.15) is 13.2 Å². The lowest BCUT2D eigenvalue weighted by Crippen LogP contribution is -2.27. The minimum absolute atomic E-state index is 0.0668. The Morgan fingerprint density at radius 3 is 2.27 bits per heavy atom. The number of hydrogen-bond donors (Lipinski definition) is 0. The van der Waals surface area contributed by atoms with Crippen molar-refractivity contribution in [3.63, 3.8) is 0 Å². The number of benzene rings is 3. The summed E-state index contributed by atoms with van der Waals surface area (Å²) in [6.45, 7) is 0.134. The molecular weight excluding hydrogens is 645 g/mol. The lowest BCUT2D eigenvalue weighted by Gasteiger charge is -2.13. The number of nitro benzene ring substituents is 1. The minimum Gasteiger partial charge on any atom is -0.448 e. The van der Waals surface area contributed by atoms with Gasteiger partial charge >= 0.3 is 11.9 Å². The van der Waals surface area contributed by atoms with Crippen molar-refractivity contribution in [1.29, 1.82) is 0 Å². The zero-order valence-electron chi connectivity index (χ0n) is 18.3. The van der Waals surface area contributed by atoms with E-state index >= 15 is 0 Å². The van der Waals surface area contributed by atoms with E-state index in [9.17, 15) is 32.9 Å². The molecule has 190 valence electrons. The summed E-state index contributed by atoms with van der Waals surface area (Å²) in [5.41, 5.74) is -0.736. The topological polar surface area (TPSA) is 89.7 Å². The number of nitrogens with zero attached hydrogens (tertiary/aromatic N) is 2. The molecule has 0 radical (unpaired) electrons. The summed E-state index contributed by atoms with van der Waals surface area (Å²) in [4.78, 5) is 37.0. The first-order valence-corrected chi connectivity index (χ1v) is 12.7. The minimum atomic E-state index is -4.76. The largest absolute Gasteiger partial charge is 0.448 e. The van der Waals surface area contributed by atoms with Crippen LogP contribution in [0.1, 0.15) is 16.7 Å². The van der Waals surface area contributed by atoms with E-state index in [4.69, 9.17) is 4.74 Å². The Morgan fingerprint density at radius 2 is 1.68 bits per heavy atom. The molecule has 3 aromatic carbocycles. The van der Waals surface area contributed by atoms with Gasteiger partial charge in [0.15, 0.2) is 5.75 Å². The average Bonchev–Trinajstić information content (AvgIpc) is 3.08. The third-order valence-corrected chi connectivity index (χ3v) is 7.16. The molecule has 2 amide bonds. The fourth-order valence-electron chi connectivity index (χ4n) is 3.35. The van der Waals surface area contributed by atoms with Crippen molar-refractivity contribution < 1.29 is 32.4 Å². The van der Waals surface area contributed by atoms with Crippen molar-refractivity contribution in [2.75, 3.05) is 0 Å². The zero-order valence-corrected chi connectivity index (χ0v) is 22.3. The summed E-state index contributed by atoms with van der Waals surface area (Å²) in [6, 6.07) is 14.1. The lowest BCUT2D eigenvalue weighted by molar-refractivity contribution is -0.385. The first-order valence-electron chi connectivity index (χ1n) is 10.3. The van der Waals surface area contributed by atoms with Gasteiger partial charge in [0, 0.05) is 6.07 Å². The third-order valence-electron chi connectivity index (χ3n) is 5.07. The zero-order chi connectivity index (χ0) is 26.9. The Kier molecular flexibility index (Phi) is 7.76. The van der Waals surface area contributed by atoms with Gasteiger partial charge in [-0.05, 0) is 85.1 Å². The number of carbonyl (C=O) groups is 2. The number of nitro groups is 1. The molecule has 7 nitrogen and oxygen atoms in total. The van der Waals surface area contributed by atoms with E-state index in [1.165, 1.54) is 6.08 Å². The predicted octanol–water partition coefficient (Wildman–Crippen LogP) is 8.17. The van der Waals surface area contributed by atoms with Crippen molar-refractivity contribution >= 4 is 66.5 Å². The van der Waals surface area contributed by atoms with Crippen LogP contribution >= 0.6 is 43.6 Å². The highest BCUT2D eigenvalue weighted by Gasteiger charge is 2.35. The summed E-state index contributed by atoms with van der Waals surface area (Å²) in [6.07, 6.45) is -3.25. The van der Waals surface area contributed by atoms with Gasteiger partial charge < -0.3 is 4.74 Å². The summed E-state index contributed by atoms with van der Waals surface area (Å²) in [5, 5.41) is 11.0. The van der Waals surface area contributed by atoms with Gasteiger partial charge in [-0.1, -0.05) is 30.3 Å². The molecule has 0 aliphatic carbocycles. The van der Waals surface area contributed by atoms with Gasteiger partial charge in [-0.25, -0.2) is 0 Å². The number of hydrogen-bond acceptors (Lipinski definition) is 6. The summed E-state index contributed by atoms with van der Waals surface area (Å²) >= 11 is 7.38. The second kappa shape index (κ2) is 10.7. The molecular formula is C24H13Br2F3N2O5S. The highest BCUT2D eigenvalue weighted by atomic mass is 79.9. The molecule has 0 bridgehead atoms. The number of alkyl halides is 3. The third kappa shape index (κ3) is 6.05. The quantitative estimate of drug-likeness (QED) is 0.151. The fraction of sp³-hybridized carbons (Fsp3) is 0.0833. The van der Waals surface area contributed by atoms with Crippen LogP contribution in [0.2, 0.25) is 0 Å². The first-order chi connectivity index (χ1) is 17.4. The van der Waals surface area contributed by atoms with Gasteiger partial charge in [0.2, 0.25) is 5.75 Å². The van der Waals surface area contributed by atoms with Crippen LogP contribution in [0.4, 0.5) is 23.7 Å². The van der Waals surface area contributed by atoms with Gasteiger partial charge in [0.05, 0.1) is 30.9 Å². The predicted molar refractivity (Wildman–Crippen MR) is 138 cm³/mol. The summed E-state index contributed by atoms with van der Waals surface area (Å²) in [5.74, 6) is -0.779. The van der Waals surface area contributed by atoms with Gasteiger partial charge in [0.25, 0.3) is 11.1 Å². The van der Waals surface area contributed by atoms with Crippen molar-refractivity contribution in [3.05, 3.63) is 101 Å². The van der Waals surface area contributed by atoms with E-state index in [2.05, 4.69) is 31.9 Å². The van der Waals surface area contributed by atoms with E-state index in [-0.39, 0.29) is 17.2 Å².